The zero-order valence-corrected chi connectivity index (χ0v) is 31.2. The summed E-state index contributed by atoms with van der Waals surface area (Å²) in [7, 11) is 0. The van der Waals surface area contributed by atoms with E-state index < -0.39 is 23.9 Å². The van der Waals surface area contributed by atoms with Gasteiger partial charge in [-0.25, -0.2) is 29.1 Å². The van der Waals surface area contributed by atoms with Gasteiger partial charge in [-0.1, -0.05) is 48.5 Å². The van der Waals surface area contributed by atoms with Gasteiger partial charge in [0.1, 0.15) is 0 Å². The number of rotatable bonds is 8. The molecule has 0 aliphatic carbocycles. The third kappa shape index (κ3) is 7.12. The van der Waals surface area contributed by atoms with Crippen molar-refractivity contribution >= 4 is 70.2 Å². The zero-order chi connectivity index (χ0) is 41.7. The summed E-state index contributed by atoms with van der Waals surface area (Å²) >= 11 is 0. The van der Waals surface area contributed by atoms with E-state index in [0.717, 1.165) is 56.5 Å². The standard InChI is InChI=1S/C48H30N4O8/c53-45(54)31-17-29(18-32(21-31)46(55)56)25-1-5-27(6-2-25)43-39-13-9-35(49-39)23-37-11-15-41(51-37)44(42-16-12-38(52-42)24-36-10-14-40(43)50-36)28-7-3-26(4-8-28)30-19-33(47(57)58)22-34(20-30)48(59)60/h1-24,49,52H,(H,53,54)(H,55,56)(H,57,58)(H,59,60). The van der Waals surface area contributed by atoms with E-state index in [4.69, 9.17) is 9.97 Å². The second-order valence-corrected chi connectivity index (χ2v) is 14.2. The van der Waals surface area contributed by atoms with Crippen molar-refractivity contribution in [3.63, 3.8) is 0 Å². The van der Waals surface area contributed by atoms with E-state index >= 15 is 0 Å². The molecule has 8 bridgehead atoms. The summed E-state index contributed by atoms with van der Waals surface area (Å²) in [5.41, 5.74) is 11.0. The molecule has 3 aromatic heterocycles. The minimum absolute atomic E-state index is 0.119. The van der Waals surface area contributed by atoms with E-state index in [1.807, 2.05) is 109 Å². The Morgan fingerprint density at radius 3 is 1.03 bits per heavy atom. The van der Waals surface area contributed by atoms with E-state index in [0.29, 0.717) is 45.0 Å². The Bertz CT molecular complexity index is 2930. The Morgan fingerprint density at radius 2 is 0.700 bits per heavy atom. The van der Waals surface area contributed by atoms with Crippen molar-refractivity contribution in [3.05, 3.63) is 166 Å². The van der Waals surface area contributed by atoms with Gasteiger partial charge in [-0.2, -0.15) is 0 Å². The van der Waals surface area contributed by atoms with Crippen molar-refractivity contribution in [1.29, 1.82) is 0 Å². The third-order valence-corrected chi connectivity index (χ3v) is 10.3. The van der Waals surface area contributed by atoms with Gasteiger partial charge in [-0.15, -0.1) is 0 Å². The van der Waals surface area contributed by atoms with Gasteiger partial charge in [0.2, 0.25) is 0 Å². The van der Waals surface area contributed by atoms with Crippen LogP contribution in [0, 0.1) is 0 Å². The van der Waals surface area contributed by atoms with Crippen LogP contribution in [-0.4, -0.2) is 64.2 Å². The molecule has 6 N–H and O–H groups in total. The molecule has 0 amide bonds. The molecule has 0 atom stereocenters. The van der Waals surface area contributed by atoms with Crippen LogP contribution in [0.5, 0.6) is 0 Å². The molecule has 0 saturated heterocycles. The number of nitrogens with zero attached hydrogens (tertiary/aromatic N) is 2. The molecule has 2 aliphatic heterocycles. The van der Waals surface area contributed by atoms with Crippen molar-refractivity contribution in [2.24, 2.45) is 0 Å². The molecule has 7 aromatic rings. The van der Waals surface area contributed by atoms with Crippen LogP contribution in [0.15, 0.2) is 121 Å². The number of aromatic nitrogens is 4. The van der Waals surface area contributed by atoms with Crippen molar-refractivity contribution in [2.75, 3.05) is 0 Å². The Morgan fingerprint density at radius 1 is 0.367 bits per heavy atom. The van der Waals surface area contributed by atoms with Crippen LogP contribution in [0.4, 0.5) is 0 Å². The Kier molecular flexibility index (Phi) is 9.06. The number of aromatic amines is 2. The largest absolute Gasteiger partial charge is 0.478 e. The minimum Gasteiger partial charge on any atom is -0.478 e. The first kappa shape index (κ1) is 37.0. The Balaban J connectivity index is 1.16. The van der Waals surface area contributed by atoms with E-state index in [-0.39, 0.29) is 22.3 Å². The van der Waals surface area contributed by atoms with Crippen molar-refractivity contribution in [3.8, 4) is 44.5 Å². The normalized spacial score (nSPS) is 11.7. The van der Waals surface area contributed by atoms with Crippen molar-refractivity contribution < 1.29 is 39.6 Å². The summed E-state index contributed by atoms with van der Waals surface area (Å²) < 4.78 is 0. The fraction of sp³-hybridized carbons (Fsp3) is 0. The lowest BCUT2D eigenvalue weighted by atomic mass is 9.96. The summed E-state index contributed by atoms with van der Waals surface area (Å²) in [5, 5.41) is 38.4. The van der Waals surface area contributed by atoms with Gasteiger partial charge < -0.3 is 30.4 Å². The van der Waals surface area contributed by atoms with Crippen molar-refractivity contribution in [2.45, 2.75) is 0 Å². The molecule has 12 nitrogen and oxygen atoms in total. The van der Waals surface area contributed by atoms with Gasteiger partial charge in [-0.3, -0.25) is 0 Å². The molecule has 0 spiro atoms. The highest BCUT2D eigenvalue weighted by molar-refractivity contribution is 5.98. The van der Waals surface area contributed by atoms with Crippen LogP contribution in [-0.2, 0) is 0 Å². The fourth-order valence-electron chi connectivity index (χ4n) is 7.42. The van der Waals surface area contributed by atoms with E-state index in [1.54, 1.807) is 0 Å². The van der Waals surface area contributed by atoms with Crippen molar-refractivity contribution in [1.82, 2.24) is 19.9 Å². The first-order chi connectivity index (χ1) is 28.9. The first-order valence-electron chi connectivity index (χ1n) is 18.5. The number of benzene rings is 4. The number of carbonyl (C=O) groups is 4. The smallest absolute Gasteiger partial charge is 0.335 e. The second-order valence-electron chi connectivity index (χ2n) is 14.2. The summed E-state index contributed by atoms with van der Waals surface area (Å²) in [6.07, 6.45) is 7.72. The Hall–Kier alpha value is -8.64. The van der Waals surface area contributed by atoms with Crippen LogP contribution < -0.4 is 0 Å². The van der Waals surface area contributed by atoms with Crippen LogP contribution in [0.25, 0.3) is 90.9 Å². The molecule has 0 fully saturated rings. The number of carboxylic acids is 4. The van der Waals surface area contributed by atoms with Crippen LogP contribution in [0.2, 0.25) is 0 Å². The second kappa shape index (κ2) is 14.7. The molecule has 4 aromatic carbocycles. The maximum atomic E-state index is 11.8. The number of fused-ring (bicyclic) bond motifs is 8. The molecular weight excluding hydrogens is 761 g/mol. The molecular formula is C48H30N4O8. The summed E-state index contributed by atoms with van der Waals surface area (Å²) in [4.78, 5) is 64.1. The number of aromatic carboxylic acids is 4. The fourth-order valence-corrected chi connectivity index (χ4v) is 7.42. The average molecular weight is 791 g/mol. The molecule has 2 aliphatic rings. The summed E-state index contributed by atoms with van der Waals surface area (Å²) in [5.74, 6) is -4.88. The molecule has 60 heavy (non-hydrogen) atoms. The minimum atomic E-state index is -1.22. The zero-order valence-electron chi connectivity index (χ0n) is 31.2. The SMILES string of the molecule is O=C(O)c1cc(C(=O)O)cc(-c2ccc(-c3c4nc(cc5ccc([nH]5)c(-c5ccc(-c6cc(C(=O)O)cc(C(=O)O)c6)cc5)c5nc(cc6ccc3[nH]6)C=C5)C=C4)cc2)c1. The lowest BCUT2D eigenvalue weighted by Crippen LogP contribution is -2.03. The highest BCUT2D eigenvalue weighted by Crippen LogP contribution is 2.35. The maximum absolute atomic E-state index is 11.8. The maximum Gasteiger partial charge on any atom is 0.335 e. The lowest BCUT2D eigenvalue weighted by molar-refractivity contribution is 0.0676. The van der Waals surface area contributed by atoms with Crippen LogP contribution in [0.3, 0.4) is 0 Å². The van der Waals surface area contributed by atoms with Gasteiger partial charge >= 0.3 is 23.9 Å². The molecule has 9 rings (SSSR count). The highest BCUT2D eigenvalue weighted by atomic mass is 16.4. The number of carboxylic acid groups (broad SMARTS) is 4. The predicted octanol–water partition coefficient (Wildman–Crippen LogP) is 10.1. The summed E-state index contributed by atoms with van der Waals surface area (Å²) in [6, 6.07) is 34.6. The first-order valence-corrected chi connectivity index (χ1v) is 18.5. The van der Waals surface area contributed by atoms with E-state index in [2.05, 4.69) is 9.97 Å². The van der Waals surface area contributed by atoms with Gasteiger partial charge in [0.05, 0.1) is 45.0 Å². The molecule has 0 saturated carbocycles. The van der Waals surface area contributed by atoms with Gasteiger partial charge in [0.15, 0.2) is 0 Å². The topological polar surface area (TPSA) is 207 Å². The van der Waals surface area contributed by atoms with Gasteiger partial charge in [0, 0.05) is 33.2 Å². The molecule has 0 radical (unpaired) electrons. The Labute approximate surface area is 339 Å². The molecule has 290 valence electrons. The number of H-pyrrole nitrogens is 2. The molecule has 5 heterocycles. The summed E-state index contributed by atoms with van der Waals surface area (Å²) in [6.45, 7) is 0. The van der Waals surface area contributed by atoms with E-state index in [1.165, 1.54) is 24.3 Å². The number of hydrogen-bond acceptors (Lipinski definition) is 6. The number of nitrogens with one attached hydrogen (secondary N) is 2. The van der Waals surface area contributed by atoms with Gasteiger partial charge in [-0.05, 0) is 130 Å². The lowest BCUT2D eigenvalue weighted by Gasteiger charge is -2.09. The quantitative estimate of drug-likeness (QED) is 0.0858. The molecule has 0 unspecified atom stereocenters. The average Bonchev–Trinajstić information content (AvgIpc) is 4.09. The van der Waals surface area contributed by atoms with Crippen LogP contribution >= 0.6 is 0 Å². The van der Waals surface area contributed by atoms with E-state index in [9.17, 15) is 39.6 Å². The third-order valence-electron chi connectivity index (χ3n) is 10.3. The molecule has 12 heteroatoms. The highest BCUT2D eigenvalue weighted by Gasteiger charge is 2.17. The number of hydrogen-bond donors (Lipinski definition) is 6. The monoisotopic (exact) mass is 790 g/mol. The van der Waals surface area contributed by atoms with Crippen LogP contribution in [0.1, 0.15) is 64.2 Å². The van der Waals surface area contributed by atoms with Gasteiger partial charge in [0.25, 0.3) is 0 Å². The predicted molar refractivity (Wildman–Crippen MR) is 228 cm³/mol.